The molecule has 2 heterocycles. The van der Waals surface area contributed by atoms with Gasteiger partial charge in [0.05, 0.1) is 36.9 Å². The Morgan fingerprint density at radius 2 is 1.65 bits per heavy atom. The predicted octanol–water partition coefficient (Wildman–Crippen LogP) is 3.57. The highest BCUT2D eigenvalue weighted by Gasteiger charge is 2.50. The third-order valence-corrected chi connectivity index (χ3v) is 8.13. The molecule has 8 atom stereocenters. The van der Waals surface area contributed by atoms with E-state index in [0.717, 1.165) is 6.42 Å². The van der Waals surface area contributed by atoms with Crippen molar-refractivity contribution in [3.05, 3.63) is 48.6 Å². The molecule has 46 heavy (non-hydrogen) atoms. The Balaban J connectivity index is 2.26. The molecule has 11 heteroatoms. The van der Waals surface area contributed by atoms with Crippen molar-refractivity contribution < 1.29 is 53.8 Å². The number of rotatable bonds is 5. The molecule has 2 aliphatic heterocycles. The minimum atomic E-state index is -2.04. The van der Waals surface area contributed by atoms with Crippen molar-refractivity contribution in [3.63, 3.8) is 0 Å². The van der Waals surface area contributed by atoms with E-state index in [1.54, 1.807) is 38.2 Å². The fraction of sp³-hybridized carbons (Fsp3) is 0.657. The van der Waals surface area contributed by atoms with Crippen molar-refractivity contribution in [1.82, 2.24) is 0 Å². The monoisotopic (exact) mass is 648 g/mol. The maximum absolute atomic E-state index is 12.9. The smallest absolute Gasteiger partial charge is 0.314 e. The summed E-state index contributed by atoms with van der Waals surface area (Å²) in [6.45, 7) is 5.40. The SMILES string of the molecule is CCCC1C/C=C/C=C/C=C/C=C/C(=O)C[C@@H]2O[C@](O)(C[C@@H](O)CCCC(=O)C[C@@H](O)[C@H](CC)C(=O)O1)C[C@H](O)[C@H]2C(=O)OCC. The summed E-state index contributed by atoms with van der Waals surface area (Å²) in [5.74, 6) is -6.09. The highest BCUT2D eigenvalue weighted by atomic mass is 16.6. The molecule has 4 N–H and O–H groups in total. The van der Waals surface area contributed by atoms with Gasteiger partial charge >= 0.3 is 11.9 Å². The van der Waals surface area contributed by atoms with Crippen LogP contribution in [-0.2, 0) is 33.4 Å². The highest BCUT2D eigenvalue weighted by Crippen LogP contribution is 2.37. The van der Waals surface area contributed by atoms with Crippen LogP contribution in [0.25, 0.3) is 0 Å². The molecule has 258 valence electrons. The van der Waals surface area contributed by atoms with E-state index in [1.807, 2.05) is 19.1 Å². The van der Waals surface area contributed by atoms with E-state index in [9.17, 15) is 39.6 Å². The number of cyclic esters (lactones) is 1. The van der Waals surface area contributed by atoms with Gasteiger partial charge in [-0.15, -0.1) is 0 Å². The molecule has 0 aromatic carbocycles. The van der Waals surface area contributed by atoms with E-state index in [-0.39, 0.29) is 57.0 Å². The van der Waals surface area contributed by atoms with E-state index in [0.29, 0.717) is 19.3 Å². The molecule has 0 aliphatic carbocycles. The van der Waals surface area contributed by atoms with Gasteiger partial charge in [0.25, 0.3) is 0 Å². The Labute approximate surface area is 272 Å². The molecule has 2 aliphatic rings. The van der Waals surface area contributed by atoms with E-state index in [2.05, 4.69) is 0 Å². The summed E-state index contributed by atoms with van der Waals surface area (Å²) in [5.41, 5.74) is 0. The van der Waals surface area contributed by atoms with Gasteiger partial charge in [0.15, 0.2) is 11.6 Å². The third kappa shape index (κ3) is 13.4. The molecule has 0 saturated carbocycles. The predicted molar refractivity (Wildman–Crippen MR) is 170 cm³/mol. The quantitative estimate of drug-likeness (QED) is 0.321. The lowest BCUT2D eigenvalue weighted by Crippen LogP contribution is -2.56. The zero-order chi connectivity index (χ0) is 34.1. The Morgan fingerprint density at radius 1 is 0.957 bits per heavy atom. The Bertz CT molecular complexity index is 1110. The number of fused-ring (bicyclic) bond motifs is 2. The van der Waals surface area contributed by atoms with Crippen LogP contribution in [0.2, 0.25) is 0 Å². The second-order valence-corrected chi connectivity index (χ2v) is 12.0. The van der Waals surface area contributed by atoms with Crippen LogP contribution in [-0.4, -0.2) is 86.8 Å². The average Bonchev–Trinajstić information content (AvgIpc) is 2.95. The number of esters is 2. The van der Waals surface area contributed by atoms with Crippen molar-refractivity contribution in [2.24, 2.45) is 11.8 Å². The molecule has 0 spiro atoms. The topological polar surface area (TPSA) is 177 Å². The van der Waals surface area contributed by atoms with Crippen LogP contribution >= 0.6 is 0 Å². The van der Waals surface area contributed by atoms with E-state index in [1.165, 1.54) is 12.2 Å². The van der Waals surface area contributed by atoms with Crippen molar-refractivity contribution in [2.45, 2.75) is 128 Å². The van der Waals surface area contributed by atoms with Gasteiger partial charge in [-0.25, -0.2) is 0 Å². The van der Waals surface area contributed by atoms with Crippen LogP contribution in [0.4, 0.5) is 0 Å². The fourth-order valence-corrected chi connectivity index (χ4v) is 5.82. The lowest BCUT2D eigenvalue weighted by atomic mass is 9.83. The van der Waals surface area contributed by atoms with Crippen LogP contribution in [0, 0.1) is 11.8 Å². The number of aliphatic hydroxyl groups is 4. The van der Waals surface area contributed by atoms with Crippen molar-refractivity contribution in [1.29, 1.82) is 0 Å². The molecule has 2 bridgehead atoms. The first kappa shape index (κ1) is 39.2. The third-order valence-electron chi connectivity index (χ3n) is 8.13. The molecule has 0 amide bonds. The number of hydrogen-bond acceptors (Lipinski definition) is 11. The number of allylic oxidation sites excluding steroid dienone is 7. The Hall–Kier alpha value is -2.96. The highest BCUT2D eigenvalue weighted by molar-refractivity contribution is 5.91. The number of ether oxygens (including phenoxy) is 3. The van der Waals surface area contributed by atoms with Gasteiger partial charge in [0, 0.05) is 38.5 Å². The van der Waals surface area contributed by atoms with Gasteiger partial charge in [-0.2, -0.15) is 0 Å². The van der Waals surface area contributed by atoms with Crippen LogP contribution in [0.5, 0.6) is 0 Å². The summed E-state index contributed by atoms with van der Waals surface area (Å²) in [5, 5.41) is 43.4. The van der Waals surface area contributed by atoms with Crippen molar-refractivity contribution >= 4 is 23.5 Å². The zero-order valence-electron chi connectivity index (χ0n) is 27.3. The minimum absolute atomic E-state index is 0.0289. The summed E-state index contributed by atoms with van der Waals surface area (Å²) in [6, 6.07) is 0. The van der Waals surface area contributed by atoms with Gasteiger partial charge in [-0.3, -0.25) is 19.2 Å². The number of hydrogen-bond donors (Lipinski definition) is 4. The van der Waals surface area contributed by atoms with Crippen molar-refractivity contribution in [3.8, 4) is 0 Å². The molecule has 0 aromatic heterocycles. The molecule has 2 rings (SSSR count). The van der Waals surface area contributed by atoms with Gasteiger partial charge in [0.2, 0.25) is 0 Å². The van der Waals surface area contributed by atoms with E-state index in [4.69, 9.17) is 14.2 Å². The lowest BCUT2D eigenvalue weighted by Gasteiger charge is -2.44. The van der Waals surface area contributed by atoms with E-state index < -0.39 is 66.2 Å². The molecule has 0 aromatic rings. The number of carbonyl (C=O) groups excluding carboxylic acids is 4. The second kappa shape index (κ2) is 20.3. The molecule has 1 fully saturated rings. The first-order valence-corrected chi connectivity index (χ1v) is 16.4. The minimum Gasteiger partial charge on any atom is -0.466 e. The van der Waals surface area contributed by atoms with Gasteiger partial charge in [-0.1, -0.05) is 62.8 Å². The second-order valence-electron chi connectivity index (χ2n) is 12.0. The molecular formula is C35H52O11. The van der Waals surface area contributed by atoms with Crippen LogP contribution in [0.3, 0.4) is 0 Å². The van der Waals surface area contributed by atoms with Crippen molar-refractivity contribution in [2.75, 3.05) is 6.61 Å². The molecule has 1 unspecified atom stereocenters. The molecule has 1 saturated heterocycles. The Kier molecular flexibility index (Phi) is 17.3. The summed E-state index contributed by atoms with van der Waals surface area (Å²) < 4.78 is 16.6. The van der Waals surface area contributed by atoms with Gasteiger partial charge in [0.1, 0.15) is 17.8 Å². The van der Waals surface area contributed by atoms with Gasteiger partial charge in [-0.05, 0) is 38.7 Å². The fourth-order valence-electron chi connectivity index (χ4n) is 5.82. The summed E-state index contributed by atoms with van der Waals surface area (Å²) in [7, 11) is 0. The summed E-state index contributed by atoms with van der Waals surface area (Å²) >= 11 is 0. The lowest BCUT2D eigenvalue weighted by molar-refractivity contribution is -0.297. The Morgan fingerprint density at radius 3 is 2.33 bits per heavy atom. The molecule has 11 nitrogen and oxygen atoms in total. The summed E-state index contributed by atoms with van der Waals surface area (Å²) in [4.78, 5) is 51.0. The number of ketones is 2. The molecule has 0 radical (unpaired) electrons. The standard InChI is InChI=1S/C35H52O11/c1-4-15-27-19-13-11-9-7-8-10-12-16-25(37)21-31-32(34(42)44-6-3)30(40)23-35(43,46-31)22-26(38)18-14-17-24(36)20-29(39)28(5-2)33(41)45-27/h7-13,16,26-32,38-40,43H,4-6,14-15,17-23H2,1-3H3/b9-7+,10-8+,13-11+,16-12+/t26-,27?,28-,29+,30-,31-,32+,35+/m0/s1. The maximum atomic E-state index is 12.9. The van der Waals surface area contributed by atoms with Gasteiger partial charge < -0.3 is 34.6 Å². The van der Waals surface area contributed by atoms with Crippen LogP contribution < -0.4 is 0 Å². The number of carbonyl (C=O) groups is 4. The van der Waals surface area contributed by atoms with Crippen LogP contribution in [0.15, 0.2) is 48.6 Å². The first-order chi connectivity index (χ1) is 21.9. The molecular weight excluding hydrogens is 596 g/mol. The zero-order valence-corrected chi connectivity index (χ0v) is 27.3. The number of Topliss-reactive ketones (excluding diaryl/α,β-unsaturated/α-hetero) is 1. The van der Waals surface area contributed by atoms with Crippen LogP contribution in [0.1, 0.15) is 91.4 Å². The largest absolute Gasteiger partial charge is 0.466 e. The average molecular weight is 649 g/mol. The van der Waals surface area contributed by atoms with E-state index >= 15 is 0 Å². The normalized spacial score (nSPS) is 35.8. The first-order valence-electron chi connectivity index (χ1n) is 16.4. The maximum Gasteiger partial charge on any atom is 0.314 e. The summed E-state index contributed by atoms with van der Waals surface area (Å²) in [6.07, 6.45) is 9.38. The number of aliphatic hydroxyl groups excluding tert-OH is 3.